The minimum atomic E-state index is -0.255. The topological polar surface area (TPSA) is 49.3 Å². The third-order valence-electron chi connectivity index (χ3n) is 2.46. The van der Waals surface area contributed by atoms with E-state index in [0.29, 0.717) is 12.3 Å². The van der Waals surface area contributed by atoms with Gasteiger partial charge in [-0.25, -0.2) is 0 Å². The van der Waals surface area contributed by atoms with Crippen LogP contribution in [0.5, 0.6) is 0 Å². The Morgan fingerprint density at radius 1 is 1.54 bits per heavy atom. The number of rotatable bonds is 3. The molecule has 0 saturated heterocycles. The van der Waals surface area contributed by atoms with Crippen LogP contribution in [0.1, 0.15) is 33.1 Å². The first-order valence-corrected chi connectivity index (χ1v) is 5.05. The smallest absolute Gasteiger partial charge is 0.223 e. The first-order chi connectivity index (χ1) is 6.09. The van der Waals surface area contributed by atoms with Gasteiger partial charge in [0.05, 0.1) is 6.10 Å². The van der Waals surface area contributed by atoms with Crippen LogP contribution in [0.3, 0.4) is 0 Å². The van der Waals surface area contributed by atoms with Gasteiger partial charge in [-0.2, -0.15) is 0 Å². The van der Waals surface area contributed by atoms with E-state index in [0.717, 1.165) is 19.4 Å². The van der Waals surface area contributed by atoms with E-state index in [4.69, 9.17) is 0 Å². The lowest BCUT2D eigenvalue weighted by atomic mass is 10.1. The molecule has 1 saturated carbocycles. The average molecular weight is 185 g/mol. The highest BCUT2D eigenvalue weighted by Crippen LogP contribution is 2.25. The Morgan fingerprint density at radius 2 is 2.23 bits per heavy atom. The molecule has 0 aromatic heterocycles. The number of carbonyl (C=O) groups is 1. The molecule has 3 heteroatoms. The van der Waals surface area contributed by atoms with E-state index in [1.807, 2.05) is 0 Å². The Morgan fingerprint density at radius 3 is 2.69 bits per heavy atom. The van der Waals surface area contributed by atoms with Crippen molar-refractivity contribution in [3.05, 3.63) is 0 Å². The predicted octanol–water partition coefficient (Wildman–Crippen LogP) is 0.920. The standard InChI is InChI=1S/C10H19NO2/c1-7(2)6-11-10(13)8-3-4-9(12)5-8/h7-9,12H,3-6H2,1-2H3,(H,11,13)/t8-,9-/m1/s1. The number of hydrogen-bond acceptors (Lipinski definition) is 2. The second-order valence-electron chi connectivity index (χ2n) is 4.30. The summed E-state index contributed by atoms with van der Waals surface area (Å²) in [6.07, 6.45) is 2.00. The van der Waals surface area contributed by atoms with E-state index in [1.165, 1.54) is 0 Å². The Labute approximate surface area is 79.5 Å². The summed E-state index contributed by atoms with van der Waals surface area (Å²) in [6, 6.07) is 0. The Balaban J connectivity index is 2.24. The van der Waals surface area contributed by atoms with Gasteiger partial charge in [0, 0.05) is 12.5 Å². The minimum absolute atomic E-state index is 0.0498. The van der Waals surface area contributed by atoms with Gasteiger partial charge in [-0.3, -0.25) is 4.79 Å². The maximum atomic E-state index is 11.5. The van der Waals surface area contributed by atoms with E-state index in [2.05, 4.69) is 19.2 Å². The monoisotopic (exact) mass is 185 g/mol. The zero-order chi connectivity index (χ0) is 9.84. The van der Waals surface area contributed by atoms with Crippen LogP contribution in [0, 0.1) is 11.8 Å². The summed E-state index contributed by atoms with van der Waals surface area (Å²) in [5, 5.41) is 12.1. The summed E-state index contributed by atoms with van der Waals surface area (Å²) in [4.78, 5) is 11.5. The lowest BCUT2D eigenvalue weighted by molar-refractivity contribution is -0.125. The molecule has 13 heavy (non-hydrogen) atoms. The molecule has 76 valence electrons. The summed E-state index contributed by atoms with van der Waals surface area (Å²) >= 11 is 0. The zero-order valence-electron chi connectivity index (χ0n) is 8.42. The van der Waals surface area contributed by atoms with E-state index < -0.39 is 0 Å². The van der Waals surface area contributed by atoms with Gasteiger partial charge in [0.15, 0.2) is 0 Å². The van der Waals surface area contributed by atoms with Crippen molar-refractivity contribution in [2.45, 2.75) is 39.2 Å². The zero-order valence-corrected chi connectivity index (χ0v) is 8.42. The van der Waals surface area contributed by atoms with Crippen molar-refractivity contribution in [2.24, 2.45) is 11.8 Å². The summed E-state index contributed by atoms with van der Waals surface area (Å²) in [7, 11) is 0. The van der Waals surface area contributed by atoms with Crippen molar-refractivity contribution in [2.75, 3.05) is 6.54 Å². The molecule has 1 fully saturated rings. The molecule has 0 bridgehead atoms. The van der Waals surface area contributed by atoms with Crippen LogP contribution in [0.15, 0.2) is 0 Å². The van der Waals surface area contributed by atoms with E-state index in [9.17, 15) is 9.90 Å². The van der Waals surface area contributed by atoms with Crippen LogP contribution in [-0.2, 0) is 4.79 Å². The number of aliphatic hydroxyl groups excluding tert-OH is 1. The number of aliphatic hydroxyl groups is 1. The van der Waals surface area contributed by atoms with Crippen LogP contribution in [0.25, 0.3) is 0 Å². The van der Waals surface area contributed by atoms with Gasteiger partial charge < -0.3 is 10.4 Å². The quantitative estimate of drug-likeness (QED) is 0.687. The van der Waals surface area contributed by atoms with Crippen LogP contribution in [-0.4, -0.2) is 23.7 Å². The first-order valence-electron chi connectivity index (χ1n) is 5.05. The molecule has 2 N–H and O–H groups in total. The number of hydrogen-bond donors (Lipinski definition) is 2. The molecule has 0 aromatic carbocycles. The van der Waals surface area contributed by atoms with Crippen molar-refractivity contribution in [3.8, 4) is 0 Å². The third kappa shape index (κ3) is 3.35. The van der Waals surface area contributed by atoms with Gasteiger partial charge in [-0.1, -0.05) is 13.8 Å². The highest BCUT2D eigenvalue weighted by Gasteiger charge is 2.28. The highest BCUT2D eigenvalue weighted by molar-refractivity contribution is 5.78. The van der Waals surface area contributed by atoms with Gasteiger partial charge in [-0.05, 0) is 25.2 Å². The fourth-order valence-electron chi connectivity index (χ4n) is 1.64. The Hall–Kier alpha value is -0.570. The molecule has 0 aromatic rings. The summed E-state index contributed by atoms with van der Waals surface area (Å²) in [5.74, 6) is 0.661. The molecule has 1 amide bonds. The SMILES string of the molecule is CC(C)CNC(=O)[C@@H]1CC[C@@H](O)C1. The molecule has 1 aliphatic rings. The molecule has 0 radical (unpaired) electrons. The van der Waals surface area contributed by atoms with Crippen molar-refractivity contribution in [1.82, 2.24) is 5.32 Å². The van der Waals surface area contributed by atoms with E-state index >= 15 is 0 Å². The molecule has 2 atom stereocenters. The van der Waals surface area contributed by atoms with E-state index in [-0.39, 0.29) is 17.9 Å². The van der Waals surface area contributed by atoms with Gasteiger partial charge in [0.25, 0.3) is 0 Å². The highest BCUT2D eigenvalue weighted by atomic mass is 16.3. The van der Waals surface area contributed by atoms with Crippen molar-refractivity contribution in [3.63, 3.8) is 0 Å². The predicted molar refractivity (Wildman–Crippen MR) is 51.2 cm³/mol. The molecule has 0 heterocycles. The molecular formula is C10H19NO2. The molecule has 1 aliphatic carbocycles. The molecule has 1 rings (SSSR count). The number of nitrogens with one attached hydrogen (secondary N) is 1. The van der Waals surface area contributed by atoms with Crippen LogP contribution in [0.2, 0.25) is 0 Å². The second-order valence-corrected chi connectivity index (χ2v) is 4.30. The molecule has 0 unspecified atom stereocenters. The molecule has 3 nitrogen and oxygen atoms in total. The average Bonchev–Trinajstić information content (AvgIpc) is 2.47. The summed E-state index contributed by atoms with van der Waals surface area (Å²) < 4.78 is 0. The van der Waals surface area contributed by atoms with Gasteiger partial charge in [0.2, 0.25) is 5.91 Å². The maximum absolute atomic E-state index is 11.5. The largest absolute Gasteiger partial charge is 0.393 e. The molecular weight excluding hydrogens is 166 g/mol. The van der Waals surface area contributed by atoms with E-state index in [1.54, 1.807) is 0 Å². The van der Waals surface area contributed by atoms with Crippen LogP contribution in [0.4, 0.5) is 0 Å². The van der Waals surface area contributed by atoms with Crippen molar-refractivity contribution >= 4 is 5.91 Å². The summed E-state index contributed by atoms with van der Waals surface area (Å²) in [5.41, 5.74) is 0. The lowest BCUT2D eigenvalue weighted by Gasteiger charge is -2.11. The van der Waals surface area contributed by atoms with Gasteiger partial charge in [0.1, 0.15) is 0 Å². The minimum Gasteiger partial charge on any atom is -0.393 e. The molecule has 0 aliphatic heterocycles. The van der Waals surface area contributed by atoms with Gasteiger partial charge >= 0.3 is 0 Å². The second kappa shape index (κ2) is 4.61. The maximum Gasteiger partial charge on any atom is 0.223 e. The third-order valence-corrected chi connectivity index (χ3v) is 2.46. The fourth-order valence-corrected chi connectivity index (χ4v) is 1.64. The van der Waals surface area contributed by atoms with Crippen LogP contribution >= 0.6 is 0 Å². The Bertz CT molecular complexity index is 180. The van der Waals surface area contributed by atoms with Crippen molar-refractivity contribution in [1.29, 1.82) is 0 Å². The van der Waals surface area contributed by atoms with Crippen molar-refractivity contribution < 1.29 is 9.90 Å². The first kappa shape index (κ1) is 10.5. The number of amides is 1. The normalized spacial score (nSPS) is 28.0. The Kier molecular flexibility index (Phi) is 3.72. The molecule has 0 spiro atoms. The summed E-state index contributed by atoms with van der Waals surface area (Å²) in [6.45, 7) is 4.89. The van der Waals surface area contributed by atoms with Gasteiger partial charge in [-0.15, -0.1) is 0 Å². The van der Waals surface area contributed by atoms with Crippen LogP contribution < -0.4 is 5.32 Å². The number of carbonyl (C=O) groups excluding carboxylic acids is 1. The lowest BCUT2D eigenvalue weighted by Crippen LogP contribution is -2.32. The fraction of sp³-hybridized carbons (Fsp3) is 0.900.